The first-order valence-corrected chi connectivity index (χ1v) is 5.01. The van der Waals surface area contributed by atoms with Crippen LogP contribution in [0.2, 0.25) is 0 Å². The van der Waals surface area contributed by atoms with Crippen molar-refractivity contribution >= 4 is 0 Å². The van der Waals surface area contributed by atoms with Crippen LogP contribution in [0.15, 0.2) is 12.1 Å². The average Bonchev–Trinajstić information content (AvgIpc) is 2.41. The van der Waals surface area contributed by atoms with Crippen molar-refractivity contribution in [1.29, 1.82) is 5.26 Å². The number of fused-ring (bicyclic) bond motifs is 1. The van der Waals surface area contributed by atoms with E-state index in [2.05, 4.69) is 6.07 Å². The molecule has 0 bridgehead atoms. The van der Waals surface area contributed by atoms with Gasteiger partial charge < -0.3 is 9.47 Å². The molecule has 1 aromatic rings. The van der Waals surface area contributed by atoms with E-state index in [-0.39, 0.29) is 0 Å². The van der Waals surface area contributed by atoms with Crippen molar-refractivity contribution in [2.24, 2.45) is 0 Å². The van der Waals surface area contributed by atoms with Crippen molar-refractivity contribution in [2.75, 3.05) is 6.61 Å². The average molecular weight is 203 g/mol. The molecule has 78 valence electrons. The molecule has 0 radical (unpaired) electrons. The maximum atomic E-state index is 8.83. The summed E-state index contributed by atoms with van der Waals surface area (Å²) in [5.74, 6) is 1.43. The summed E-state index contributed by atoms with van der Waals surface area (Å²) in [6.07, 6.45) is 0.219. The second-order valence-corrected chi connectivity index (χ2v) is 3.76. The quantitative estimate of drug-likeness (QED) is 0.650. The monoisotopic (exact) mass is 203 g/mol. The lowest BCUT2D eigenvalue weighted by Crippen LogP contribution is -2.14. The minimum atomic E-state index is -0.395. The van der Waals surface area contributed by atoms with Crippen LogP contribution in [0.1, 0.15) is 17.5 Å². The first-order valence-electron chi connectivity index (χ1n) is 5.01. The lowest BCUT2D eigenvalue weighted by atomic mass is 10.1. The van der Waals surface area contributed by atoms with Crippen molar-refractivity contribution in [3.8, 4) is 17.6 Å². The van der Waals surface area contributed by atoms with Crippen LogP contribution in [0.5, 0.6) is 11.5 Å². The van der Waals surface area contributed by atoms with E-state index < -0.39 is 6.10 Å². The Kier molecular flexibility index (Phi) is 2.51. The van der Waals surface area contributed by atoms with Crippen molar-refractivity contribution in [3.63, 3.8) is 0 Å². The van der Waals surface area contributed by atoms with Crippen LogP contribution >= 0.6 is 0 Å². The zero-order valence-electron chi connectivity index (χ0n) is 8.91. The number of aryl methyl sites for hydroxylation is 2. The van der Waals surface area contributed by atoms with Crippen molar-refractivity contribution < 1.29 is 9.47 Å². The first kappa shape index (κ1) is 9.85. The van der Waals surface area contributed by atoms with Gasteiger partial charge in [0.2, 0.25) is 0 Å². The Morgan fingerprint density at radius 2 is 1.93 bits per heavy atom. The Labute approximate surface area is 89.2 Å². The molecule has 1 heterocycles. The van der Waals surface area contributed by atoms with Gasteiger partial charge in [0, 0.05) is 6.42 Å². The van der Waals surface area contributed by atoms with Gasteiger partial charge in [0.25, 0.3) is 0 Å². The standard InChI is InChI=1S/C12H13NO2/c1-8-5-11-12(6-9(8)2)15-10(7-13)3-4-14-11/h5-6,10H,3-4H2,1-2H3. The molecule has 1 unspecified atom stereocenters. The summed E-state index contributed by atoms with van der Waals surface area (Å²) in [6, 6.07) is 6.01. The van der Waals surface area contributed by atoms with E-state index in [1.807, 2.05) is 26.0 Å². The maximum absolute atomic E-state index is 8.83. The molecule has 3 nitrogen and oxygen atoms in total. The van der Waals surface area contributed by atoms with Gasteiger partial charge in [-0.25, -0.2) is 0 Å². The number of ether oxygens (including phenoxy) is 2. The lowest BCUT2D eigenvalue weighted by molar-refractivity contribution is 0.242. The molecule has 0 saturated heterocycles. The maximum Gasteiger partial charge on any atom is 0.187 e. The molecule has 0 amide bonds. The highest BCUT2D eigenvalue weighted by molar-refractivity contribution is 5.47. The van der Waals surface area contributed by atoms with Gasteiger partial charge in [-0.3, -0.25) is 0 Å². The third-order valence-corrected chi connectivity index (χ3v) is 2.61. The van der Waals surface area contributed by atoms with Crippen LogP contribution in [0, 0.1) is 25.2 Å². The Morgan fingerprint density at radius 1 is 1.27 bits per heavy atom. The molecule has 0 aliphatic carbocycles. The van der Waals surface area contributed by atoms with Crippen LogP contribution in [0.4, 0.5) is 0 Å². The topological polar surface area (TPSA) is 42.2 Å². The summed E-state index contributed by atoms with van der Waals surface area (Å²) in [6.45, 7) is 4.59. The van der Waals surface area contributed by atoms with Gasteiger partial charge in [-0.1, -0.05) is 0 Å². The molecule has 2 rings (SSSR count). The fourth-order valence-corrected chi connectivity index (χ4v) is 1.55. The Hall–Kier alpha value is -1.69. The zero-order chi connectivity index (χ0) is 10.8. The second-order valence-electron chi connectivity index (χ2n) is 3.76. The van der Waals surface area contributed by atoms with Crippen LogP contribution < -0.4 is 9.47 Å². The zero-order valence-corrected chi connectivity index (χ0v) is 8.91. The molecule has 1 atom stereocenters. The van der Waals surface area contributed by atoms with Gasteiger partial charge in [0.1, 0.15) is 6.07 Å². The van der Waals surface area contributed by atoms with Crippen LogP contribution in [0.3, 0.4) is 0 Å². The smallest absolute Gasteiger partial charge is 0.187 e. The molecule has 0 fully saturated rings. The number of nitrogens with zero attached hydrogens (tertiary/aromatic N) is 1. The van der Waals surface area contributed by atoms with Gasteiger partial charge in [0.15, 0.2) is 17.6 Å². The van der Waals surface area contributed by atoms with Crippen molar-refractivity contribution in [2.45, 2.75) is 26.4 Å². The molecular weight excluding hydrogens is 190 g/mol. The summed E-state index contributed by atoms with van der Waals surface area (Å²) < 4.78 is 11.1. The molecule has 15 heavy (non-hydrogen) atoms. The number of rotatable bonds is 0. The predicted octanol–water partition coefficient (Wildman–Crippen LogP) is 2.36. The molecule has 0 spiro atoms. The van der Waals surface area contributed by atoms with Gasteiger partial charge in [-0.05, 0) is 37.1 Å². The SMILES string of the molecule is Cc1cc2c(cc1C)OC(C#N)CCO2. The third-order valence-electron chi connectivity index (χ3n) is 2.61. The predicted molar refractivity (Wildman–Crippen MR) is 56.1 cm³/mol. The number of hydrogen-bond donors (Lipinski definition) is 0. The molecule has 0 aromatic heterocycles. The van der Waals surface area contributed by atoms with E-state index in [9.17, 15) is 0 Å². The Bertz CT molecular complexity index is 420. The Balaban J connectivity index is 2.40. The highest BCUT2D eigenvalue weighted by Crippen LogP contribution is 2.33. The van der Waals surface area contributed by atoms with E-state index in [1.54, 1.807) is 0 Å². The van der Waals surface area contributed by atoms with E-state index in [0.29, 0.717) is 18.8 Å². The number of benzene rings is 1. The molecule has 0 saturated carbocycles. The molecule has 3 heteroatoms. The number of hydrogen-bond acceptors (Lipinski definition) is 3. The highest BCUT2D eigenvalue weighted by atomic mass is 16.5. The van der Waals surface area contributed by atoms with Crippen LogP contribution in [-0.2, 0) is 0 Å². The second kappa shape index (κ2) is 3.82. The first-order chi connectivity index (χ1) is 7.20. The van der Waals surface area contributed by atoms with Crippen LogP contribution in [-0.4, -0.2) is 12.7 Å². The van der Waals surface area contributed by atoms with Gasteiger partial charge >= 0.3 is 0 Å². The van der Waals surface area contributed by atoms with E-state index in [4.69, 9.17) is 14.7 Å². The summed E-state index contributed by atoms with van der Waals surface area (Å²) in [5.41, 5.74) is 2.32. The normalized spacial score (nSPS) is 19.1. The minimum Gasteiger partial charge on any atom is -0.490 e. The van der Waals surface area contributed by atoms with E-state index in [1.165, 1.54) is 5.56 Å². The largest absolute Gasteiger partial charge is 0.490 e. The van der Waals surface area contributed by atoms with Crippen molar-refractivity contribution in [1.82, 2.24) is 0 Å². The Morgan fingerprint density at radius 3 is 2.60 bits per heavy atom. The summed E-state index contributed by atoms with van der Waals surface area (Å²) in [4.78, 5) is 0. The van der Waals surface area contributed by atoms with Gasteiger partial charge in [0.05, 0.1) is 6.61 Å². The molecular formula is C12H13NO2. The summed E-state index contributed by atoms with van der Waals surface area (Å²) >= 11 is 0. The molecule has 0 N–H and O–H groups in total. The van der Waals surface area contributed by atoms with E-state index >= 15 is 0 Å². The molecule has 1 aliphatic rings. The van der Waals surface area contributed by atoms with E-state index in [0.717, 1.165) is 11.3 Å². The van der Waals surface area contributed by atoms with Crippen LogP contribution in [0.25, 0.3) is 0 Å². The summed E-state index contributed by atoms with van der Waals surface area (Å²) in [5, 5.41) is 8.83. The molecule has 1 aliphatic heterocycles. The molecule has 1 aromatic carbocycles. The third kappa shape index (κ3) is 1.89. The highest BCUT2D eigenvalue weighted by Gasteiger charge is 2.18. The fraction of sp³-hybridized carbons (Fsp3) is 0.417. The minimum absolute atomic E-state index is 0.395. The van der Waals surface area contributed by atoms with Gasteiger partial charge in [-0.2, -0.15) is 5.26 Å². The fourth-order valence-electron chi connectivity index (χ4n) is 1.55. The van der Waals surface area contributed by atoms with Crippen molar-refractivity contribution in [3.05, 3.63) is 23.3 Å². The summed E-state index contributed by atoms with van der Waals surface area (Å²) in [7, 11) is 0. The van der Waals surface area contributed by atoms with Gasteiger partial charge in [-0.15, -0.1) is 0 Å². The lowest BCUT2D eigenvalue weighted by Gasteiger charge is -2.11. The number of nitriles is 1.